The molecule has 0 aromatic heterocycles. The van der Waals surface area contributed by atoms with Crippen molar-refractivity contribution in [2.45, 2.75) is 32.2 Å². The predicted octanol–water partition coefficient (Wildman–Crippen LogP) is 0.781. The fourth-order valence-corrected chi connectivity index (χ4v) is 1.92. The van der Waals surface area contributed by atoms with E-state index in [9.17, 15) is 4.79 Å². The van der Waals surface area contributed by atoms with Gasteiger partial charge in [-0.05, 0) is 45.8 Å². The van der Waals surface area contributed by atoms with Crippen LogP contribution in [-0.4, -0.2) is 48.2 Å². The van der Waals surface area contributed by atoms with Gasteiger partial charge in [0.15, 0.2) is 0 Å². The molecule has 4 nitrogen and oxygen atoms in total. The van der Waals surface area contributed by atoms with Gasteiger partial charge in [-0.15, -0.1) is 0 Å². The molecule has 0 bridgehead atoms. The Balaban J connectivity index is 2.49. The van der Waals surface area contributed by atoms with Gasteiger partial charge in [-0.2, -0.15) is 0 Å². The molecule has 0 saturated carbocycles. The normalized spacial score (nSPS) is 23.7. The number of carboxylic acid groups (broad SMARTS) is 1. The molecule has 2 N–H and O–H groups in total. The second-order valence-corrected chi connectivity index (χ2v) is 4.85. The zero-order valence-electron chi connectivity index (χ0n) is 9.92. The van der Waals surface area contributed by atoms with Crippen molar-refractivity contribution in [2.75, 3.05) is 26.7 Å². The SMILES string of the molecule is CNC(C)(CN1CCC(C)CC1)C(=O)O. The van der Waals surface area contributed by atoms with Gasteiger partial charge in [-0.25, -0.2) is 0 Å². The van der Waals surface area contributed by atoms with Crippen LogP contribution in [0.2, 0.25) is 0 Å². The van der Waals surface area contributed by atoms with Crippen molar-refractivity contribution in [1.82, 2.24) is 10.2 Å². The number of hydrogen-bond acceptors (Lipinski definition) is 3. The molecule has 0 aromatic rings. The summed E-state index contributed by atoms with van der Waals surface area (Å²) in [5, 5.41) is 12.0. The molecule has 1 rings (SSSR count). The lowest BCUT2D eigenvalue weighted by molar-refractivity contribution is -0.144. The molecular weight excluding hydrogens is 192 g/mol. The number of hydrogen-bond donors (Lipinski definition) is 2. The summed E-state index contributed by atoms with van der Waals surface area (Å²) in [5.41, 5.74) is -0.819. The van der Waals surface area contributed by atoms with Crippen molar-refractivity contribution in [3.8, 4) is 0 Å². The average Bonchev–Trinajstić information content (AvgIpc) is 2.21. The minimum atomic E-state index is -0.819. The smallest absolute Gasteiger partial charge is 0.324 e. The van der Waals surface area contributed by atoms with Crippen LogP contribution in [0.3, 0.4) is 0 Å². The highest BCUT2D eigenvalue weighted by molar-refractivity contribution is 5.78. The number of rotatable bonds is 4. The maximum absolute atomic E-state index is 11.1. The highest BCUT2D eigenvalue weighted by Gasteiger charge is 2.34. The first-order chi connectivity index (χ1) is 6.98. The number of likely N-dealkylation sites (tertiary alicyclic amines) is 1. The quantitative estimate of drug-likeness (QED) is 0.726. The van der Waals surface area contributed by atoms with E-state index in [2.05, 4.69) is 17.1 Å². The molecule has 1 aliphatic rings. The molecule has 1 saturated heterocycles. The van der Waals surface area contributed by atoms with Gasteiger partial charge in [0.1, 0.15) is 5.54 Å². The second-order valence-electron chi connectivity index (χ2n) is 4.85. The van der Waals surface area contributed by atoms with Crippen LogP contribution in [0.15, 0.2) is 0 Å². The van der Waals surface area contributed by atoms with E-state index in [0.29, 0.717) is 6.54 Å². The lowest BCUT2D eigenvalue weighted by atomic mass is 9.96. The lowest BCUT2D eigenvalue weighted by Crippen LogP contribution is -2.56. The molecule has 0 radical (unpaired) electrons. The van der Waals surface area contributed by atoms with Crippen LogP contribution in [0.1, 0.15) is 26.7 Å². The Kier molecular flexibility index (Phi) is 4.11. The fraction of sp³-hybridized carbons (Fsp3) is 0.909. The monoisotopic (exact) mass is 214 g/mol. The van der Waals surface area contributed by atoms with Crippen LogP contribution < -0.4 is 5.32 Å². The van der Waals surface area contributed by atoms with Crippen LogP contribution in [0.25, 0.3) is 0 Å². The third-order valence-electron chi connectivity index (χ3n) is 3.44. The maximum atomic E-state index is 11.1. The van der Waals surface area contributed by atoms with Crippen molar-refractivity contribution in [3.63, 3.8) is 0 Å². The van der Waals surface area contributed by atoms with Crippen LogP contribution in [-0.2, 0) is 4.79 Å². The minimum Gasteiger partial charge on any atom is -0.480 e. The Bertz CT molecular complexity index is 225. The van der Waals surface area contributed by atoms with Gasteiger partial charge in [0.2, 0.25) is 0 Å². The van der Waals surface area contributed by atoms with Gasteiger partial charge < -0.3 is 15.3 Å². The van der Waals surface area contributed by atoms with Crippen molar-refractivity contribution in [3.05, 3.63) is 0 Å². The molecule has 0 aromatic carbocycles. The Morgan fingerprint density at radius 1 is 1.53 bits per heavy atom. The van der Waals surface area contributed by atoms with Crippen LogP contribution >= 0.6 is 0 Å². The Morgan fingerprint density at radius 2 is 2.07 bits per heavy atom. The van der Waals surface area contributed by atoms with Crippen molar-refractivity contribution >= 4 is 5.97 Å². The van der Waals surface area contributed by atoms with Gasteiger partial charge in [0.25, 0.3) is 0 Å². The standard InChI is InChI=1S/C11H22N2O2/c1-9-4-6-13(7-5-9)8-11(2,12-3)10(14)15/h9,12H,4-8H2,1-3H3,(H,14,15). The predicted molar refractivity (Wildman–Crippen MR) is 59.9 cm³/mol. The highest BCUT2D eigenvalue weighted by atomic mass is 16.4. The van der Waals surface area contributed by atoms with Gasteiger partial charge in [-0.1, -0.05) is 6.92 Å². The Morgan fingerprint density at radius 3 is 2.47 bits per heavy atom. The number of nitrogens with one attached hydrogen (secondary N) is 1. The number of carbonyl (C=O) groups is 1. The summed E-state index contributed by atoms with van der Waals surface area (Å²) in [7, 11) is 1.71. The van der Waals surface area contributed by atoms with Crippen molar-refractivity contribution < 1.29 is 9.90 Å². The molecule has 0 aliphatic carbocycles. The van der Waals surface area contributed by atoms with E-state index in [4.69, 9.17) is 5.11 Å². The number of nitrogens with zero attached hydrogens (tertiary/aromatic N) is 1. The summed E-state index contributed by atoms with van der Waals surface area (Å²) in [6, 6.07) is 0. The number of aliphatic carboxylic acids is 1. The van der Waals surface area contributed by atoms with Crippen LogP contribution in [0, 0.1) is 5.92 Å². The largest absolute Gasteiger partial charge is 0.480 e. The molecule has 15 heavy (non-hydrogen) atoms. The summed E-state index contributed by atoms with van der Waals surface area (Å²) in [4.78, 5) is 13.3. The molecule has 1 fully saturated rings. The van der Waals surface area contributed by atoms with E-state index < -0.39 is 11.5 Å². The molecule has 0 spiro atoms. The molecule has 1 unspecified atom stereocenters. The highest BCUT2D eigenvalue weighted by Crippen LogP contribution is 2.18. The third kappa shape index (κ3) is 3.18. The first-order valence-corrected chi connectivity index (χ1v) is 5.62. The number of likely N-dealkylation sites (N-methyl/N-ethyl adjacent to an activating group) is 1. The molecule has 4 heteroatoms. The molecule has 1 atom stereocenters. The van der Waals surface area contributed by atoms with Crippen LogP contribution in [0.5, 0.6) is 0 Å². The summed E-state index contributed by atoms with van der Waals surface area (Å²) in [6.45, 7) is 6.63. The summed E-state index contributed by atoms with van der Waals surface area (Å²) in [6.07, 6.45) is 2.36. The third-order valence-corrected chi connectivity index (χ3v) is 3.44. The molecule has 1 heterocycles. The van der Waals surface area contributed by atoms with Crippen molar-refractivity contribution in [1.29, 1.82) is 0 Å². The number of piperidine rings is 1. The Hall–Kier alpha value is -0.610. The van der Waals surface area contributed by atoms with Crippen LogP contribution in [0.4, 0.5) is 0 Å². The molecular formula is C11H22N2O2. The Labute approximate surface area is 91.6 Å². The lowest BCUT2D eigenvalue weighted by Gasteiger charge is -2.36. The van der Waals surface area contributed by atoms with E-state index in [-0.39, 0.29) is 0 Å². The molecule has 0 amide bonds. The summed E-state index contributed by atoms with van der Waals surface area (Å²) >= 11 is 0. The van der Waals surface area contributed by atoms with Gasteiger partial charge in [0.05, 0.1) is 0 Å². The topological polar surface area (TPSA) is 52.6 Å². The van der Waals surface area contributed by atoms with Crippen molar-refractivity contribution in [2.24, 2.45) is 5.92 Å². The first kappa shape index (κ1) is 12.5. The number of carboxylic acids is 1. The summed E-state index contributed by atoms with van der Waals surface area (Å²) in [5.74, 6) is 0.00976. The van der Waals surface area contributed by atoms with Gasteiger partial charge in [0, 0.05) is 6.54 Å². The van der Waals surface area contributed by atoms with Gasteiger partial charge >= 0.3 is 5.97 Å². The van der Waals surface area contributed by atoms with E-state index in [1.54, 1.807) is 14.0 Å². The summed E-state index contributed by atoms with van der Waals surface area (Å²) < 4.78 is 0. The second kappa shape index (κ2) is 4.94. The minimum absolute atomic E-state index is 0.589. The zero-order valence-corrected chi connectivity index (χ0v) is 9.92. The van der Waals surface area contributed by atoms with Gasteiger partial charge in [-0.3, -0.25) is 4.79 Å². The molecule has 88 valence electrons. The first-order valence-electron chi connectivity index (χ1n) is 5.62. The fourth-order valence-electron chi connectivity index (χ4n) is 1.92. The van der Waals surface area contributed by atoms with E-state index in [0.717, 1.165) is 19.0 Å². The zero-order chi connectivity index (χ0) is 11.5. The average molecular weight is 214 g/mol. The maximum Gasteiger partial charge on any atom is 0.324 e. The van der Waals surface area contributed by atoms with E-state index in [1.165, 1.54) is 12.8 Å². The van der Waals surface area contributed by atoms with E-state index in [1.807, 2.05) is 0 Å². The molecule has 1 aliphatic heterocycles. The van der Waals surface area contributed by atoms with E-state index >= 15 is 0 Å².